The van der Waals surface area contributed by atoms with Gasteiger partial charge in [-0.3, -0.25) is 19.3 Å². The van der Waals surface area contributed by atoms with Crippen LogP contribution >= 0.6 is 0 Å². The molecule has 2 rings (SSSR count). The second-order valence-electron chi connectivity index (χ2n) is 4.12. The Morgan fingerprint density at radius 1 is 1.23 bits per heavy atom. The molecule has 0 saturated carbocycles. The van der Waals surface area contributed by atoms with Crippen molar-refractivity contribution in [2.45, 2.75) is 0 Å². The summed E-state index contributed by atoms with van der Waals surface area (Å²) in [6.45, 7) is -0.221. The van der Waals surface area contributed by atoms with E-state index in [2.05, 4.69) is 4.98 Å². The summed E-state index contributed by atoms with van der Waals surface area (Å²) < 4.78 is 5.30. The van der Waals surface area contributed by atoms with Crippen LogP contribution in [0.5, 0.6) is 5.75 Å². The van der Waals surface area contributed by atoms with Crippen molar-refractivity contribution in [1.82, 2.24) is 9.88 Å². The molecule has 0 aliphatic carbocycles. The van der Waals surface area contributed by atoms with Crippen molar-refractivity contribution >= 4 is 29.8 Å². The van der Waals surface area contributed by atoms with Crippen LogP contribution in [-0.4, -0.2) is 59.7 Å². The molecule has 0 unspecified atom stereocenters. The summed E-state index contributed by atoms with van der Waals surface area (Å²) in [5.74, 6) is 0.351. The molecule has 0 aliphatic heterocycles. The summed E-state index contributed by atoms with van der Waals surface area (Å²) >= 11 is 0. The molecule has 120 valence electrons. The van der Waals surface area contributed by atoms with Gasteiger partial charge in [0, 0.05) is 17.1 Å². The zero-order chi connectivity index (χ0) is 17.0. The smallest absolute Gasteiger partial charge is 0.325 e. The Bertz CT molecular complexity index is 588. The summed E-state index contributed by atoms with van der Waals surface area (Å²) in [4.78, 5) is 33.1. The molecule has 0 atom stereocenters. The molecule has 1 heterocycles. The molecule has 0 bridgehead atoms. The monoisotopic (exact) mass is 310 g/mol. The van der Waals surface area contributed by atoms with Gasteiger partial charge in [-0.1, -0.05) is 6.07 Å². The minimum absolute atomic E-state index is 0.250. The molecule has 0 aliphatic rings. The maximum Gasteiger partial charge on any atom is 0.325 e. The number of aromatic nitrogens is 1. The highest BCUT2D eigenvalue weighted by Crippen LogP contribution is 2.24. The molecular weight excluding hydrogens is 292 g/mol. The third-order valence-electron chi connectivity index (χ3n) is 2.22. The van der Waals surface area contributed by atoms with E-state index >= 15 is 0 Å². The normalized spacial score (nSPS) is 9.05. The highest BCUT2D eigenvalue weighted by atomic mass is 16.5. The van der Waals surface area contributed by atoms with Crippen LogP contribution < -0.4 is 4.74 Å². The standard InChI is InChI=1S/C12H14N2O2.2CH2O2/c1-14(2)8-12(15)16-11-5-3-4-10-9(11)6-7-13-10;2*2-1-3/h3-7,13H,8H2,1-2H3;2*1H,(H,2,3). The van der Waals surface area contributed by atoms with Gasteiger partial charge in [0.2, 0.25) is 0 Å². The lowest BCUT2D eigenvalue weighted by Crippen LogP contribution is -2.25. The van der Waals surface area contributed by atoms with Crippen LogP contribution in [0.4, 0.5) is 0 Å². The van der Waals surface area contributed by atoms with Gasteiger partial charge in [-0.2, -0.15) is 0 Å². The molecule has 1 aromatic carbocycles. The van der Waals surface area contributed by atoms with Crippen LogP contribution in [0.25, 0.3) is 10.9 Å². The number of nitrogens with zero attached hydrogens (tertiary/aromatic N) is 1. The first-order chi connectivity index (χ1) is 10.5. The highest BCUT2D eigenvalue weighted by molar-refractivity contribution is 5.88. The van der Waals surface area contributed by atoms with E-state index in [-0.39, 0.29) is 25.5 Å². The zero-order valence-electron chi connectivity index (χ0n) is 12.2. The number of aromatic amines is 1. The highest BCUT2D eigenvalue weighted by Gasteiger charge is 2.09. The Labute approximate surface area is 126 Å². The Balaban J connectivity index is 0.000000639. The Hall–Kier alpha value is -2.87. The molecular formula is C14H18N2O6. The Morgan fingerprint density at radius 3 is 2.36 bits per heavy atom. The van der Waals surface area contributed by atoms with Gasteiger partial charge in [0.05, 0.1) is 6.54 Å². The molecule has 0 saturated heterocycles. The van der Waals surface area contributed by atoms with Crippen LogP contribution in [0.2, 0.25) is 0 Å². The molecule has 2 aromatic rings. The number of carbonyl (C=O) groups is 3. The van der Waals surface area contributed by atoms with E-state index in [0.29, 0.717) is 5.75 Å². The van der Waals surface area contributed by atoms with Crippen LogP contribution in [0.15, 0.2) is 30.5 Å². The lowest BCUT2D eigenvalue weighted by Gasteiger charge is -2.09. The van der Waals surface area contributed by atoms with E-state index < -0.39 is 0 Å². The molecule has 8 heteroatoms. The number of nitrogens with one attached hydrogen (secondary N) is 1. The Morgan fingerprint density at radius 2 is 1.82 bits per heavy atom. The van der Waals surface area contributed by atoms with Crippen molar-refractivity contribution < 1.29 is 29.3 Å². The van der Waals surface area contributed by atoms with Crippen molar-refractivity contribution in [3.05, 3.63) is 30.5 Å². The van der Waals surface area contributed by atoms with Gasteiger partial charge in [-0.15, -0.1) is 0 Å². The first-order valence-corrected chi connectivity index (χ1v) is 6.07. The minimum atomic E-state index is -0.251. The number of hydrogen-bond donors (Lipinski definition) is 3. The molecule has 8 nitrogen and oxygen atoms in total. The largest absolute Gasteiger partial charge is 0.483 e. The third-order valence-corrected chi connectivity index (χ3v) is 2.22. The first-order valence-electron chi connectivity index (χ1n) is 6.07. The first kappa shape index (κ1) is 19.1. The van der Waals surface area contributed by atoms with Crippen molar-refractivity contribution in [3.63, 3.8) is 0 Å². The number of likely N-dealkylation sites (N-methyl/N-ethyl adjacent to an activating group) is 1. The fourth-order valence-corrected chi connectivity index (χ4v) is 1.56. The summed E-state index contributed by atoms with van der Waals surface area (Å²) in [5, 5.41) is 14.7. The van der Waals surface area contributed by atoms with Gasteiger partial charge in [0.1, 0.15) is 5.75 Å². The molecule has 0 fully saturated rings. The minimum Gasteiger partial charge on any atom is -0.483 e. The molecule has 1 aromatic heterocycles. The van der Waals surface area contributed by atoms with E-state index in [0.717, 1.165) is 10.9 Å². The molecule has 0 spiro atoms. The maximum atomic E-state index is 11.5. The van der Waals surface area contributed by atoms with Crippen molar-refractivity contribution in [2.24, 2.45) is 0 Å². The number of esters is 1. The summed E-state index contributed by atoms with van der Waals surface area (Å²) in [6, 6.07) is 7.49. The van der Waals surface area contributed by atoms with Gasteiger partial charge >= 0.3 is 5.97 Å². The number of H-pyrrole nitrogens is 1. The van der Waals surface area contributed by atoms with Gasteiger partial charge < -0.3 is 19.9 Å². The van der Waals surface area contributed by atoms with Crippen molar-refractivity contribution in [2.75, 3.05) is 20.6 Å². The summed E-state index contributed by atoms with van der Waals surface area (Å²) in [5.41, 5.74) is 0.968. The predicted octanol–water partition coefficient (Wildman–Crippen LogP) is 1.04. The predicted molar refractivity (Wildman–Crippen MR) is 79.9 cm³/mol. The summed E-state index contributed by atoms with van der Waals surface area (Å²) in [7, 11) is 3.66. The average Bonchev–Trinajstić information content (AvgIpc) is 2.89. The number of carboxylic acid groups (broad SMARTS) is 2. The number of rotatable bonds is 3. The van der Waals surface area contributed by atoms with Gasteiger partial charge in [-0.25, -0.2) is 0 Å². The zero-order valence-corrected chi connectivity index (χ0v) is 12.2. The van der Waals surface area contributed by atoms with E-state index in [4.69, 9.17) is 24.5 Å². The van der Waals surface area contributed by atoms with E-state index in [1.165, 1.54) is 0 Å². The molecule has 22 heavy (non-hydrogen) atoms. The SMILES string of the molecule is CN(C)CC(=O)Oc1cccc2[nH]ccc12.O=CO.O=CO. The van der Waals surface area contributed by atoms with E-state index in [1.54, 1.807) is 11.0 Å². The van der Waals surface area contributed by atoms with Crippen molar-refractivity contribution in [1.29, 1.82) is 0 Å². The molecule has 0 amide bonds. The number of hydrogen-bond acceptors (Lipinski definition) is 5. The van der Waals surface area contributed by atoms with Crippen molar-refractivity contribution in [3.8, 4) is 5.75 Å². The number of benzene rings is 1. The van der Waals surface area contributed by atoms with Crippen LogP contribution in [0.3, 0.4) is 0 Å². The second-order valence-corrected chi connectivity index (χ2v) is 4.12. The number of carbonyl (C=O) groups excluding carboxylic acids is 1. The van der Waals surface area contributed by atoms with Crippen LogP contribution in [0.1, 0.15) is 0 Å². The quantitative estimate of drug-likeness (QED) is 0.440. The lowest BCUT2D eigenvalue weighted by atomic mass is 10.2. The molecule has 3 N–H and O–H groups in total. The Kier molecular flexibility index (Phi) is 9.45. The van der Waals surface area contributed by atoms with E-state index in [9.17, 15) is 4.79 Å². The fraction of sp³-hybridized carbons (Fsp3) is 0.214. The summed E-state index contributed by atoms with van der Waals surface area (Å²) in [6.07, 6.45) is 1.83. The fourth-order valence-electron chi connectivity index (χ4n) is 1.56. The topological polar surface area (TPSA) is 120 Å². The number of ether oxygens (including phenoxy) is 1. The van der Waals surface area contributed by atoms with Gasteiger partial charge in [-0.05, 0) is 32.3 Å². The van der Waals surface area contributed by atoms with Gasteiger partial charge in [0.25, 0.3) is 12.9 Å². The van der Waals surface area contributed by atoms with Crippen LogP contribution in [-0.2, 0) is 14.4 Å². The number of fused-ring (bicyclic) bond motifs is 1. The lowest BCUT2D eigenvalue weighted by molar-refractivity contribution is -0.135. The second kappa shape index (κ2) is 10.9. The third kappa shape index (κ3) is 7.06. The molecule has 0 radical (unpaired) electrons. The van der Waals surface area contributed by atoms with Gasteiger partial charge in [0.15, 0.2) is 0 Å². The maximum absolute atomic E-state index is 11.5. The van der Waals surface area contributed by atoms with Crippen LogP contribution in [0, 0.1) is 0 Å². The van der Waals surface area contributed by atoms with E-state index in [1.807, 2.05) is 38.5 Å². The average molecular weight is 310 g/mol.